The van der Waals surface area contributed by atoms with E-state index in [0.717, 1.165) is 31.7 Å². The van der Waals surface area contributed by atoms with Crippen LogP contribution in [0.1, 0.15) is 39.5 Å². The zero-order valence-corrected chi connectivity index (χ0v) is 17.8. The summed E-state index contributed by atoms with van der Waals surface area (Å²) in [4.78, 5) is 0. The van der Waals surface area contributed by atoms with Gasteiger partial charge in [-0.25, -0.2) is 17.5 Å². The minimum atomic E-state index is -3.23. The Morgan fingerprint density at radius 2 is 1.83 bits per heavy atom. The minimum absolute atomic E-state index is 0.0613. The van der Waals surface area contributed by atoms with Crippen molar-refractivity contribution in [3.63, 3.8) is 0 Å². The SMILES string of the molecule is CC(C)S(=O)(=O)NC[C@H]1CC[C@H](Nc2ccc(Oc3cccc(F)c3F)nn2)CC1. The molecule has 30 heavy (non-hydrogen) atoms. The Labute approximate surface area is 175 Å². The summed E-state index contributed by atoms with van der Waals surface area (Å²) < 4.78 is 58.6. The van der Waals surface area contributed by atoms with Gasteiger partial charge in [-0.15, -0.1) is 10.2 Å². The topological polar surface area (TPSA) is 93.2 Å². The van der Waals surface area contributed by atoms with E-state index in [1.54, 1.807) is 19.9 Å². The summed E-state index contributed by atoms with van der Waals surface area (Å²) in [6.07, 6.45) is 3.60. The minimum Gasteiger partial charge on any atom is -0.434 e. The van der Waals surface area contributed by atoms with E-state index in [4.69, 9.17) is 4.74 Å². The van der Waals surface area contributed by atoms with Crippen LogP contribution in [0.4, 0.5) is 14.6 Å². The normalized spacial score (nSPS) is 19.6. The van der Waals surface area contributed by atoms with Crippen molar-refractivity contribution in [1.29, 1.82) is 0 Å². The van der Waals surface area contributed by atoms with Crippen molar-refractivity contribution in [1.82, 2.24) is 14.9 Å². The first-order valence-electron chi connectivity index (χ1n) is 9.95. The molecule has 1 aliphatic carbocycles. The van der Waals surface area contributed by atoms with Crippen LogP contribution in [-0.2, 0) is 10.0 Å². The molecule has 0 amide bonds. The fourth-order valence-corrected chi connectivity index (χ4v) is 4.05. The monoisotopic (exact) mass is 440 g/mol. The molecule has 0 aliphatic heterocycles. The third kappa shape index (κ3) is 5.85. The quantitative estimate of drug-likeness (QED) is 0.648. The van der Waals surface area contributed by atoms with Crippen LogP contribution in [0.2, 0.25) is 0 Å². The van der Waals surface area contributed by atoms with E-state index in [9.17, 15) is 17.2 Å². The highest BCUT2D eigenvalue weighted by Gasteiger charge is 2.24. The Kier molecular flexibility index (Phi) is 7.19. The number of nitrogens with zero attached hydrogens (tertiary/aromatic N) is 2. The summed E-state index contributed by atoms with van der Waals surface area (Å²) in [7, 11) is -3.23. The van der Waals surface area contributed by atoms with E-state index in [2.05, 4.69) is 20.2 Å². The van der Waals surface area contributed by atoms with E-state index < -0.39 is 26.9 Å². The first-order chi connectivity index (χ1) is 14.2. The van der Waals surface area contributed by atoms with Crippen LogP contribution in [0.25, 0.3) is 0 Å². The Morgan fingerprint density at radius 3 is 2.47 bits per heavy atom. The second-order valence-corrected chi connectivity index (χ2v) is 10.0. The molecule has 164 valence electrons. The maximum atomic E-state index is 13.7. The fraction of sp³-hybridized carbons (Fsp3) is 0.500. The Balaban J connectivity index is 1.47. The van der Waals surface area contributed by atoms with Crippen molar-refractivity contribution in [2.75, 3.05) is 11.9 Å². The van der Waals surface area contributed by atoms with Gasteiger partial charge in [0.25, 0.3) is 0 Å². The molecule has 1 heterocycles. The lowest BCUT2D eigenvalue weighted by molar-refractivity contribution is 0.336. The fourth-order valence-electron chi connectivity index (χ4n) is 3.25. The van der Waals surface area contributed by atoms with Gasteiger partial charge in [0.05, 0.1) is 5.25 Å². The zero-order chi connectivity index (χ0) is 21.7. The molecule has 1 aromatic carbocycles. The van der Waals surface area contributed by atoms with Crippen molar-refractivity contribution in [2.45, 2.75) is 50.8 Å². The summed E-state index contributed by atoms with van der Waals surface area (Å²) in [5.74, 6) is -1.38. The van der Waals surface area contributed by atoms with Gasteiger partial charge in [-0.1, -0.05) is 6.07 Å². The van der Waals surface area contributed by atoms with Crippen molar-refractivity contribution < 1.29 is 21.9 Å². The van der Waals surface area contributed by atoms with Crippen LogP contribution in [0.5, 0.6) is 11.6 Å². The second kappa shape index (κ2) is 9.65. The van der Waals surface area contributed by atoms with Crippen LogP contribution in [0, 0.1) is 17.6 Å². The summed E-state index contributed by atoms with van der Waals surface area (Å²) in [6.45, 7) is 3.79. The molecule has 7 nitrogen and oxygen atoms in total. The van der Waals surface area contributed by atoms with E-state index in [-0.39, 0.29) is 17.7 Å². The number of benzene rings is 1. The van der Waals surface area contributed by atoms with Crippen LogP contribution in [0.15, 0.2) is 30.3 Å². The number of sulfonamides is 1. The van der Waals surface area contributed by atoms with Crippen LogP contribution >= 0.6 is 0 Å². The highest BCUT2D eigenvalue weighted by Crippen LogP contribution is 2.27. The predicted octanol–water partition coefficient (Wildman–Crippen LogP) is 3.85. The number of hydrogen-bond donors (Lipinski definition) is 2. The smallest absolute Gasteiger partial charge is 0.239 e. The average molecular weight is 441 g/mol. The molecule has 3 rings (SSSR count). The maximum Gasteiger partial charge on any atom is 0.239 e. The van der Waals surface area contributed by atoms with Gasteiger partial charge in [-0.2, -0.15) is 4.39 Å². The molecule has 2 aromatic rings. The van der Waals surface area contributed by atoms with Gasteiger partial charge in [-0.3, -0.25) is 0 Å². The van der Waals surface area contributed by atoms with Crippen LogP contribution < -0.4 is 14.8 Å². The molecule has 1 fully saturated rings. The molecule has 2 N–H and O–H groups in total. The van der Waals surface area contributed by atoms with Gasteiger partial charge in [-0.05, 0) is 63.6 Å². The third-order valence-electron chi connectivity index (χ3n) is 5.16. The first-order valence-corrected chi connectivity index (χ1v) is 11.5. The molecule has 0 saturated heterocycles. The van der Waals surface area contributed by atoms with Gasteiger partial charge >= 0.3 is 0 Å². The Bertz CT molecular complexity index is 947. The standard InChI is InChI=1S/C20H26F2N4O3S/c1-13(2)30(27,28)23-12-14-6-8-15(9-7-14)24-18-10-11-19(26-25-18)29-17-5-3-4-16(21)20(17)22/h3-5,10-11,13-15,23H,6-9,12H2,1-2H3,(H,24,25)/t14-,15-. The van der Waals surface area contributed by atoms with Gasteiger partial charge in [0.15, 0.2) is 11.6 Å². The number of aromatic nitrogens is 2. The third-order valence-corrected chi connectivity index (χ3v) is 6.97. The molecule has 0 bridgehead atoms. The van der Waals surface area contributed by atoms with Crippen molar-refractivity contribution in [2.24, 2.45) is 5.92 Å². The first kappa shape index (κ1) is 22.4. The van der Waals surface area contributed by atoms with Gasteiger partial charge in [0.2, 0.25) is 21.7 Å². The summed E-state index contributed by atoms with van der Waals surface area (Å²) >= 11 is 0. The molecule has 0 spiro atoms. The number of hydrogen-bond acceptors (Lipinski definition) is 6. The molecule has 0 radical (unpaired) electrons. The van der Waals surface area contributed by atoms with E-state index in [0.29, 0.717) is 18.3 Å². The lowest BCUT2D eigenvalue weighted by Crippen LogP contribution is -2.37. The maximum absolute atomic E-state index is 13.7. The highest BCUT2D eigenvalue weighted by molar-refractivity contribution is 7.90. The summed E-state index contributed by atoms with van der Waals surface area (Å²) in [5, 5.41) is 10.8. The van der Waals surface area contributed by atoms with Crippen molar-refractivity contribution in [3.8, 4) is 11.6 Å². The zero-order valence-electron chi connectivity index (χ0n) is 16.9. The Hall–Kier alpha value is -2.33. The van der Waals surface area contributed by atoms with Crippen molar-refractivity contribution >= 4 is 15.8 Å². The van der Waals surface area contributed by atoms with E-state index >= 15 is 0 Å². The largest absolute Gasteiger partial charge is 0.434 e. The van der Waals surface area contributed by atoms with Gasteiger partial charge in [0, 0.05) is 18.7 Å². The molecule has 1 aromatic heterocycles. The molecule has 1 saturated carbocycles. The Morgan fingerprint density at radius 1 is 1.10 bits per heavy atom. The highest BCUT2D eigenvalue weighted by atomic mass is 32.2. The number of rotatable bonds is 8. The summed E-state index contributed by atoms with van der Waals surface area (Å²) in [5.41, 5.74) is 0. The van der Waals surface area contributed by atoms with E-state index in [1.807, 2.05) is 0 Å². The number of anilines is 1. The second-order valence-electron chi connectivity index (χ2n) is 7.72. The molecular weight excluding hydrogens is 414 g/mol. The molecule has 1 aliphatic rings. The average Bonchev–Trinajstić information content (AvgIpc) is 2.72. The molecule has 10 heteroatoms. The molecular formula is C20H26F2N4O3S. The van der Waals surface area contributed by atoms with Gasteiger partial charge in [0.1, 0.15) is 5.82 Å². The summed E-state index contributed by atoms with van der Waals surface area (Å²) in [6, 6.07) is 7.08. The number of nitrogens with one attached hydrogen (secondary N) is 2. The number of ether oxygens (including phenoxy) is 1. The van der Waals surface area contributed by atoms with Crippen molar-refractivity contribution in [3.05, 3.63) is 42.0 Å². The lowest BCUT2D eigenvalue weighted by atomic mass is 9.86. The predicted molar refractivity (Wildman–Crippen MR) is 110 cm³/mol. The lowest BCUT2D eigenvalue weighted by Gasteiger charge is -2.29. The molecule has 0 atom stereocenters. The van der Waals surface area contributed by atoms with Gasteiger partial charge < -0.3 is 10.1 Å². The van der Waals surface area contributed by atoms with E-state index in [1.165, 1.54) is 18.2 Å². The number of halogens is 2. The molecule has 0 unspecified atom stereocenters. The van der Waals surface area contributed by atoms with Crippen LogP contribution in [-0.4, -0.2) is 36.5 Å². The van der Waals surface area contributed by atoms with Crippen LogP contribution in [0.3, 0.4) is 0 Å².